The zero-order valence-corrected chi connectivity index (χ0v) is 9.06. The molecule has 0 amide bonds. The summed E-state index contributed by atoms with van der Waals surface area (Å²) < 4.78 is 5.13. The first-order valence-electron chi connectivity index (χ1n) is 5.05. The van der Waals surface area contributed by atoms with Crippen molar-refractivity contribution in [2.75, 3.05) is 6.61 Å². The monoisotopic (exact) mass is 202 g/mol. The largest absolute Gasteiger partial charge is 0.464 e. The topological polar surface area (TPSA) is 26.3 Å². The van der Waals surface area contributed by atoms with Crippen molar-refractivity contribution in [1.29, 1.82) is 0 Å². The van der Waals surface area contributed by atoms with Crippen LogP contribution in [-0.4, -0.2) is 17.8 Å². The van der Waals surface area contributed by atoms with E-state index in [0.29, 0.717) is 6.61 Å². The molecule has 0 heterocycles. The number of esters is 1. The van der Waals surface area contributed by atoms with Gasteiger partial charge in [-0.25, -0.2) is 0 Å². The van der Waals surface area contributed by atoms with Crippen molar-refractivity contribution in [3.8, 4) is 0 Å². The van der Waals surface area contributed by atoms with Gasteiger partial charge in [0.25, 0.3) is 0 Å². The van der Waals surface area contributed by atoms with Gasteiger partial charge < -0.3 is 4.74 Å². The lowest BCUT2D eigenvalue weighted by atomic mass is 9.89. The summed E-state index contributed by atoms with van der Waals surface area (Å²) in [5, 5.41) is 0.146. The standard InChI is InChI=1S/C10H18O2S/c1-8(13)7-12-10(11)9-5-3-2-4-6-9/h8-9,13H,2-7H2,1H3. The number of ether oxygens (including phenoxy) is 1. The van der Waals surface area contributed by atoms with E-state index in [1.807, 2.05) is 6.92 Å². The summed E-state index contributed by atoms with van der Waals surface area (Å²) in [5.41, 5.74) is 0. The van der Waals surface area contributed by atoms with Crippen LogP contribution in [0.2, 0.25) is 0 Å². The van der Waals surface area contributed by atoms with Crippen LogP contribution in [0.25, 0.3) is 0 Å². The van der Waals surface area contributed by atoms with E-state index >= 15 is 0 Å². The molecule has 0 aromatic rings. The minimum absolute atomic E-state index is 0.0133. The first-order valence-corrected chi connectivity index (χ1v) is 5.56. The van der Waals surface area contributed by atoms with Crippen LogP contribution in [-0.2, 0) is 9.53 Å². The van der Waals surface area contributed by atoms with Gasteiger partial charge in [-0.1, -0.05) is 26.2 Å². The van der Waals surface area contributed by atoms with E-state index in [2.05, 4.69) is 12.6 Å². The highest BCUT2D eigenvalue weighted by Crippen LogP contribution is 2.24. The van der Waals surface area contributed by atoms with Crippen LogP contribution in [0.15, 0.2) is 0 Å². The molecule has 0 spiro atoms. The highest BCUT2D eigenvalue weighted by Gasteiger charge is 2.22. The molecule has 1 fully saturated rings. The minimum atomic E-state index is -0.0133. The van der Waals surface area contributed by atoms with Crippen LogP contribution in [0.5, 0.6) is 0 Å². The Labute approximate surface area is 85.4 Å². The second-order valence-electron chi connectivity index (χ2n) is 3.81. The van der Waals surface area contributed by atoms with Crippen molar-refractivity contribution >= 4 is 18.6 Å². The number of carbonyl (C=O) groups is 1. The van der Waals surface area contributed by atoms with Gasteiger partial charge in [0.15, 0.2) is 0 Å². The molecular formula is C10H18O2S. The Kier molecular flexibility index (Phi) is 4.64. The number of hydrogen-bond donors (Lipinski definition) is 1. The second kappa shape index (κ2) is 5.53. The molecule has 1 unspecified atom stereocenters. The van der Waals surface area contributed by atoms with E-state index in [0.717, 1.165) is 12.8 Å². The molecule has 1 aliphatic carbocycles. The quantitative estimate of drug-likeness (QED) is 0.562. The number of thiol groups is 1. The molecule has 0 aromatic heterocycles. The van der Waals surface area contributed by atoms with Crippen molar-refractivity contribution in [2.24, 2.45) is 5.92 Å². The Morgan fingerprint density at radius 1 is 1.46 bits per heavy atom. The van der Waals surface area contributed by atoms with Gasteiger partial charge in [0.05, 0.1) is 5.92 Å². The van der Waals surface area contributed by atoms with Gasteiger partial charge in [-0.15, -0.1) is 0 Å². The molecule has 13 heavy (non-hydrogen) atoms. The van der Waals surface area contributed by atoms with Crippen molar-refractivity contribution in [3.05, 3.63) is 0 Å². The van der Waals surface area contributed by atoms with Crippen LogP contribution >= 0.6 is 12.6 Å². The molecule has 0 N–H and O–H groups in total. The molecule has 1 atom stereocenters. The first-order chi connectivity index (χ1) is 6.20. The number of hydrogen-bond acceptors (Lipinski definition) is 3. The summed E-state index contributed by atoms with van der Waals surface area (Å²) in [7, 11) is 0. The van der Waals surface area contributed by atoms with E-state index in [4.69, 9.17) is 4.74 Å². The lowest BCUT2D eigenvalue weighted by molar-refractivity contribution is -0.149. The average Bonchev–Trinajstić information content (AvgIpc) is 2.15. The molecule has 1 saturated carbocycles. The second-order valence-corrected chi connectivity index (χ2v) is 4.70. The van der Waals surface area contributed by atoms with Gasteiger partial charge in [0, 0.05) is 5.25 Å². The summed E-state index contributed by atoms with van der Waals surface area (Å²) in [4.78, 5) is 11.4. The Bertz CT molecular complexity index is 162. The summed E-state index contributed by atoms with van der Waals surface area (Å²) in [6, 6.07) is 0. The molecule has 0 aromatic carbocycles. The molecule has 0 bridgehead atoms. The Morgan fingerprint density at radius 2 is 2.08 bits per heavy atom. The maximum atomic E-state index is 11.4. The fourth-order valence-corrected chi connectivity index (χ4v) is 1.73. The Balaban J connectivity index is 2.21. The molecule has 0 saturated heterocycles. The van der Waals surface area contributed by atoms with Crippen LogP contribution < -0.4 is 0 Å². The Hall–Kier alpha value is -0.180. The van der Waals surface area contributed by atoms with Gasteiger partial charge in [-0.3, -0.25) is 4.79 Å². The van der Waals surface area contributed by atoms with Crippen LogP contribution in [0.3, 0.4) is 0 Å². The molecule has 76 valence electrons. The van der Waals surface area contributed by atoms with E-state index in [9.17, 15) is 4.79 Å². The van der Waals surface area contributed by atoms with E-state index < -0.39 is 0 Å². The highest BCUT2D eigenvalue weighted by atomic mass is 32.1. The lowest BCUT2D eigenvalue weighted by Crippen LogP contribution is -2.22. The van der Waals surface area contributed by atoms with Crippen molar-refractivity contribution < 1.29 is 9.53 Å². The number of rotatable bonds is 3. The molecule has 2 nitrogen and oxygen atoms in total. The van der Waals surface area contributed by atoms with E-state index in [1.54, 1.807) is 0 Å². The Morgan fingerprint density at radius 3 is 2.62 bits per heavy atom. The van der Waals surface area contributed by atoms with Gasteiger partial charge >= 0.3 is 5.97 Å². The lowest BCUT2D eigenvalue weighted by Gasteiger charge is -2.20. The number of carbonyl (C=O) groups excluding carboxylic acids is 1. The highest BCUT2D eigenvalue weighted by molar-refractivity contribution is 7.80. The molecule has 0 aliphatic heterocycles. The van der Waals surface area contributed by atoms with Crippen LogP contribution in [0.4, 0.5) is 0 Å². The molecule has 1 aliphatic rings. The fraction of sp³-hybridized carbons (Fsp3) is 0.900. The molecule has 3 heteroatoms. The summed E-state index contributed by atoms with van der Waals surface area (Å²) >= 11 is 4.16. The summed E-state index contributed by atoms with van der Waals surface area (Å²) in [6.45, 7) is 2.37. The summed E-state index contributed by atoms with van der Waals surface area (Å²) in [6.07, 6.45) is 5.65. The predicted octanol–water partition coefficient (Wildman–Crippen LogP) is 2.43. The van der Waals surface area contributed by atoms with E-state index in [1.165, 1.54) is 19.3 Å². The third-order valence-electron chi connectivity index (χ3n) is 2.41. The fourth-order valence-electron chi connectivity index (χ4n) is 1.66. The third kappa shape index (κ3) is 4.03. The van der Waals surface area contributed by atoms with Crippen LogP contribution in [0.1, 0.15) is 39.0 Å². The maximum Gasteiger partial charge on any atom is 0.308 e. The normalized spacial score (nSPS) is 21.1. The zero-order chi connectivity index (χ0) is 9.68. The SMILES string of the molecule is CC(S)COC(=O)C1CCCCC1. The van der Waals surface area contributed by atoms with Crippen molar-refractivity contribution in [1.82, 2.24) is 0 Å². The summed E-state index contributed by atoms with van der Waals surface area (Å²) in [5.74, 6) is 0.154. The molecule has 0 radical (unpaired) electrons. The third-order valence-corrected chi connectivity index (χ3v) is 2.55. The molecule has 1 rings (SSSR count). The molecular weight excluding hydrogens is 184 g/mol. The van der Waals surface area contributed by atoms with Gasteiger partial charge in [-0.2, -0.15) is 12.6 Å². The van der Waals surface area contributed by atoms with Crippen molar-refractivity contribution in [2.45, 2.75) is 44.3 Å². The van der Waals surface area contributed by atoms with Gasteiger partial charge in [0.2, 0.25) is 0 Å². The van der Waals surface area contributed by atoms with Crippen molar-refractivity contribution in [3.63, 3.8) is 0 Å². The maximum absolute atomic E-state index is 11.4. The van der Waals surface area contributed by atoms with Crippen LogP contribution in [0, 0.1) is 5.92 Å². The van der Waals surface area contributed by atoms with Gasteiger partial charge in [-0.05, 0) is 12.8 Å². The van der Waals surface area contributed by atoms with E-state index in [-0.39, 0.29) is 17.1 Å². The van der Waals surface area contributed by atoms with Gasteiger partial charge in [0.1, 0.15) is 6.61 Å². The average molecular weight is 202 g/mol. The first kappa shape index (κ1) is 10.9. The smallest absolute Gasteiger partial charge is 0.308 e. The minimum Gasteiger partial charge on any atom is -0.464 e. The predicted molar refractivity (Wildman–Crippen MR) is 56.0 cm³/mol. The zero-order valence-electron chi connectivity index (χ0n) is 8.16.